The number of carbonyl (C=O) groups excluding carboxylic acids is 1. The highest BCUT2D eigenvalue weighted by atomic mass is 16.4. The number of Topliss-reactive ketones (excluding diaryl/α,β-unsaturated/α-hetero) is 1. The molecule has 0 bridgehead atoms. The first kappa shape index (κ1) is 26.1. The summed E-state index contributed by atoms with van der Waals surface area (Å²) in [5.74, 6) is 4.77. The number of nitrogens with zero attached hydrogens (tertiary/aromatic N) is 2. The highest BCUT2D eigenvalue weighted by molar-refractivity contribution is 5.79. The van der Waals surface area contributed by atoms with Gasteiger partial charge in [-0.3, -0.25) is 14.5 Å². The summed E-state index contributed by atoms with van der Waals surface area (Å²) in [6, 6.07) is 0. The van der Waals surface area contributed by atoms with Gasteiger partial charge in [-0.05, 0) is 106 Å². The Labute approximate surface area is 212 Å². The first-order valence-corrected chi connectivity index (χ1v) is 14.2. The van der Waals surface area contributed by atoms with Crippen LogP contribution in [-0.2, 0) is 9.59 Å². The number of hydrogen-bond donors (Lipinski definition) is 1. The van der Waals surface area contributed by atoms with Gasteiger partial charge in [0.1, 0.15) is 5.78 Å². The molecule has 0 aromatic rings. The zero-order valence-corrected chi connectivity index (χ0v) is 22.5. The predicted molar refractivity (Wildman–Crippen MR) is 143 cm³/mol. The van der Waals surface area contributed by atoms with Crippen molar-refractivity contribution in [2.45, 2.75) is 85.5 Å². The molecule has 0 aromatic heterocycles. The summed E-state index contributed by atoms with van der Waals surface area (Å²) in [5.41, 5.74) is 0.948. The lowest BCUT2D eigenvalue weighted by Crippen LogP contribution is -2.53. The molecule has 5 nitrogen and oxygen atoms in total. The third-order valence-electron chi connectivity index (χ3n) is 11.4. The summed E-state index contributed by atoms with van der Waals surface area (Å²) >= 11 is 0. The largest absolute Gasteiger partial charge is 0.480 e. The van der Waals surface area contributed by atoms with E-state index in [-0.39, 0.29) is 10.8 Å². The van der Waals surface area contributed by atoms with E-state index in [0.717, 1.165) is 55.8 Å². The number of ketones is 1. The molecule has 4 aliphatic carbocycles. The highest BCUT2D eigenvalue weighted by Crippen LogP contribution is 2.67. The zero-order valence-electron chi connectivity index (χ0n) is 22.5. The smallest absolute Gasteiger partial charge is 0.317 e. The van der Waals surface area contributed by atoms with Gasteiger partial charge in [-0.1, -0.05) is 27.2 Å². The van der Waals surface area contributed by atoms with Crippen LogP contribution in [0.2, 0.25) is 0 Å². The molecule has 8 atom stereocenters. The van der Waals surface area contributed by atoms with Gasteiger partial charge in [-0.25, -0.2) is 0 Å². The number of rotatable bonds is 3. The van der Waals surface area contributed by atoms with Crippen LogP contribution in [0.1, 0.15) is 89.8 Å². The van der Waals surface area contributed by atoms with E-state index in [9.17, 15) is 9.59 Å². The Kier molecular flexibility index (Phi) is 7.84. The molecule has 1 N–H and O–H groups in total. The van der Waals surface area contributed by atoms with E-state index in [4.69, 9.17) is 5.11 Å². The molecule has 5 heteroatoms. The molecule has 34 heavy (non-hydrogen) atoms. The summed E-state index contributed by atoms with van der Waals surface area (Å²) in [4.78, 5) is 26.7. The van der Waals surface area contributed by atoms with Gasteiger partial charge >= 0.3 is 5.97 Å². The fraction of sp³-hybridized carbons (Fsp3) is 0.931. The molecule has 4 saturated carbocycles. The number of carbonyl (C=O) groups is 2. The van der Waals surface area contributed by atoms with E-state index in [1.165, 1.54) is 57.8 Å². The maximum atomic E-state index is 12.2. The maximum Gasteiger partial charge on any atom is 0.317 e. The van der Waals surface area contributed by atoms with Gasteiger partial charge in [0.25, 0.3) is 0 Å². The van der Waals surface area contributed by atoms with Gasteiger partial charge in [0, 0.05) is 36.4 Å². The summed E-state index contributed by atoms with van der Waals surface area (Å²) in [6.45, 7) is 13.4. The van der Waals surface area contributed by atoms with Crippen LogP contribution in [0.4, 0.5) is 0 Å². The quantitative estimate of drug-likeness (QED) is 0.543. The minimum Gasteiger partial charge on any atom is -0.480 e. The Balaban J connectivity index is 0.000000422. The molecule has 0 amide bonds. The number of carboxylic acids is 1. The van der Waals surface area contributed by atoms with Crippen LogP contribution in [-0.4, -0.2) is 66.4 Å². The Bertz CT molecular complexity index is 763. The number of aliphatic carboxylic acids is 1. The normalized spacial score (nSPS) is 44.7. The zero-order chi connectivity index (χ0) is 24.7. The van der Waals surface area contributed by atoms with E-state index < -0.39 is 5.97 Å². The van der Waals surface area contributed by atoms with Crippen LogP contribution >= 0.6 is 0 Å². The molecule has 3 unspecified atom stereocenters. The van der Waals surface area contributed by atoms with Crippen molar-refractivity contribution in [2.75, 3.05) is 39.8 Å². The van der Waals surface area contributed by atoms with Crippen LogP contribution < -0.4 is 0 Å². The molecule has 5 rings (SSSR count). The fourth-order valence-electron chi connectivity index (χ4n) is 9.34. The number of hydrogen-bond acceptors (Lipinski definition) is 4. The average Bonchev–Trinajstić information content (AvgIpc) is 3.13. The molecule has 5 fully saturated rings. The molecule has 0 radical (unpaired) electrons. The van der Waals surface area contributed by atoms with Crippen LogP contribution in [0.3, 0.4) is 0 Å². The van der Waals surface area contributed by atoms with E-state index in [0.29, 0.717) is 22.5 Å². The molecule has 1 saturated heterocycles. The average molecular weight is 481 g/mol. The topological polar surface area (TPSA) is 60.9 Å². The molecule has 5 aliphatic rings. The van der Waals surface area contributed by atoms with E-state index in [1.54, 1.807) is 0 Å². The third-order valence-corrected chi connectivity index (χ3v) is 11.4. The van der Waals surface area contributed by atoms with Crippen LogP contribution in [0, 0.1) is 46.3 Å². The maximum absolute atomic E-state index is 12.2. The monoisotopic (exact) mass is 480 g/mol. The van der Waals surface area contributed by atoms with Gasteiger partial charge < -0.3 is 10.0 Å². The van der Waals surface area contributed by atoms with Crippen molar-refractivity contribution in [2.24, 2.45) is 46.3 Å². The lowest BCUT2D eigenvalue weighted by atomic mass is 9.44. The Hall–Kier alpha value is -0.940. The molecule has 0 aromatic carbocycles. The van der Waals surface area contributed by atoms with Crippen molar-refractivity contribution in [3.05, 3.63) is 0 Å². The van der Waals surface area contributed by atoms with Crippen molar-refractivity contribution in [1.29, 1.82) is 0 Å². The molecule has 200 valence electrons. The van der Waals surface area contributed by atoms with Gasteiger partial charge in [0.05, 0.1) is 6.54 Å². The molecular formula is C29H56N2O3. The summed E-state index contributed by atoms with van der Waals surface area (Å²) in [7, 11) is 2.05. The lowest BCUT2D eigenvalue weighted by Gasteiger charge is -2.61. The van der Waals surface area contributed by atoms with Crippen molar-refractivity contribution in [1.82, 2.24) is 9.80 Å². The standard InChI is InChI=1S/C22H36O.C7H14N2O2.3H2/c1-14-9-11-21(3)16(13-14)5-6-17-19-8-7-18(15(2)23)22(19,4)12-10-20(17)21;1-8-2-4-9(5-3-8)6-7(10)11;;;/h14,16-20H,5-13H2,1-4H3;2-6H2,1H3,(H,10,11);3*1H/t14-,16?,17-,18+,19?,20?,21-,22+;;;;/m0..../s1. The second-order valence-corrected chi connectivity index (χ2v) is 13.3. The lowest BCUT2D eigenvalue weighted by molar-refractivity contribution is -0.138. The summed E-state index contributed by atoms with van der Waals surface area (Å²) < 4.78 is 0. The predicted octanol–water partition coefficient (Wildman–Crippen LogP) is 5.93. The van der Waals surface area contributed by atoms with E-state index >= 15 is 0 Å². The molecule has 1 aliphatic heterocycles. The van der Waals surface area contributed by atoms with Crippen molar-refractivity contribution in [3.8, 4) is 0 Å². The van der Waals surface area contributed by atoms with Gasteiger partial charge in [-0.15, -0.1) is 0 Å². The fourth-order valence-corrected chi connectivity index (χ4v) is 9.34. The second-order valence-electron chi connectivity index (χ2n) is 13.3. The number of piperazine rings is 1. The van der Waals surface area contributed by atoms with Crippen molar-refractivity contribution >= 4 is 11.8 Å². The first-order valence-electron chi connectivity index (χ1n) is 14.2. The first-order chi connectivity index (χ1) is 16.0. The van der Waals surface area contributed by atoms with Gasteiger partial charge in [0.2, 0.25) is 0 Å². The van der Waals surface area contributed by atoms with Crippen LogP contribution in [0.25, 0.3) is 0 Å². The highest BCUT2D eigenvalue weighted by Gasteiger charge is 2.60. The van der Waals surface area contributed by atoms with Crippen molar-refractivity contribution in [3.63, 3.8) is 0 Å². The van der Waals surface area contributed by atoms with Crippen molar-refractivity contribution < 1.29 is 19.0 Å². The van der Waals surface area contributed by atoms with E-state index in [1.807, 2.05) is 11.8 Å². The van der Waals surface area contributed by atoms with Crippen LogP contribution in [0.15, 0.2) is 0 Å². The minimum absolute atomic E-state index is 0. The summed E-state index contributed by atoms with van der Waals surface area (Å²) in [5, 5.41) is 8.48. The Morgan fingerprint density at radius 3 is 2.21 bits per heavy atom. The number of fused-ring (bicyclic) bond motifs is 5. The molecule has 0 spiro atoms. The molecular weight excluding hydrogens is 424 g/mol. The Morgan fingerprint density at radius 2 is 1.56 bits per heavy atom. The minimum atomic E-state index is -0.727. The van der Waals surface area contributed by atoms with Gasteiger partial charge in [0.15, 0.2) is 0 Å². The third kappa shape index (κ3) is 4.98. The summed E-state index contributed by atoms with van der Waals surface area (Å²) in [6.07, 6.45) is 12.6. The number of carboxylic acid groups (broad SMARTS) is 1. The Morgan fingerprint density at radius 1 is 0.912 bits per heavy atom. The molecule has 1 heterocycles. The van der Waals surface area contributed by atoms with Crippen LogP contribution in [0.5, 0.6) is 0 Å². The SMILES string of the molecule is CC(=O)[C@H]1CCC2[C@@H]3CCC4C[C@@H](C)CC[C@]4(C)C3CC[C@@]21C.CN1CCN(CC(=O)O)CC1.[HH].[HH].[HH]. The number of likely N-dealkylation sites (N-methyl/N-ethyl adjacent to an activating group) is 1. The van der Waals surface area contributed by atoms with Gasteiger partial charge in [-0.2, -0.15) is 0 Å². The second kappa shape index (κ2) is 10.2. The van der Waals surface area contributed by atoms with E-state index in [2.05, 4.69) is 32.7 Å².